The molecule has 4 N–H and O–H groups in total. The van der Waals surface area contributed by atoms with Crippen LogP contribution in [0.1, 0.15) is 286 Å². The Morgan fingerprint density at radius 3 is 1.13 bits per heavy atom. The normalized spacial score (nSPS) is 19.6. The highest BCUT2D eigenvalue weighted by atomic mass is 79.9. The van der Waals surface area contributed by atoms with Crippen LogP contribution in [0.2, 0.25) is 0 Å². The predicted octanol–water partition coefficient (Wildman–Crippen LogP) is 22.8. The smallest absolute Gasteiger partial charge is 0.351 e. The molecular formula is C109H144Br2F2N4O24S2. The number of hydrogen-bond acceptors (Lipinski definition) is 25. The van der Waals surface area contributed by atoms with E-state index in [0.29, 0.717) is 87.9 Å². The van der Waals surface area contributed by atoms with Gasteiger partial charge in [0.05, 0.1) is 62.9 Å². The number of aryl methyl sites for hydroxylation is 5. The van der Waals surface area contributed by atoms with E-state index in [0.717, 1.165) is 225 Å². The van der Waals surface area contributed by atoms with Crippen molar-refractivity contribution in [2.45, 2.75) is 326 Å². The van der Waals surface area contributed by atoms with Gasteiger partial charge < -0.3 is 71.4 Å². The van der Waals surface area contributed by atoms with Crippen molar-refractivity contribution in [1.82, 2.24) is 14.7 Å². The fourth-order valence-corrected chi connectivity index (χ4v) is 17.7. The zero-order valence-electron chi connectivity index (χ0n) is 83.2. The third-order valence-corrected chi connectivity index (χ3v) is 27.1. The molecule has 11 aliphatic rings. The summed E-state index contributed by atoms with van der Waals surface area (Å²) in [5.41, 5.74) is 4.54. The lowest BCUT2D eigenvalue weighted by atomic mass is 9.92. The average molecular weight is 2160 g/mol. The number of nitrogens with two attached hydrogens (primary N) is 1. The summed E-state index contributed by atoms with van der Waals surface area (Å²) >= 11 is 6.77. The van der Waals surface area contributed by atoms with Crippen LogP contribution in [-0.4, -0.2) is 166 Å². The zero-order valence-corrected chi connectivity index (χ0v) is 88.0. The first-order valence-corrected chi connectivity index (χ1v) is 52.9. The first-order chi connectivity index (χ1) is 66.6. The first kappa shape index (κ1) is 116. The maximum Gasteiger partial charge on any atom is 0.351 e. The van der Waals surface area contributed by atoms with Crippen molar-refractivity contribution in [1.29, 1.82) is 0 Å². The molecule has 143 heavy (non-hydrogen) atoms. The van der Waals surface area contributed by atoms with Crippen LogP contribution in [0.15, 0.2) is 171 Å². The number of halogens is 4. The van der Waals surface area contributed by atoms with E-state index in [1.54, 1.807) is 12.5 Å². The summed E-state index contributed by atoms with van der Waals surface area (Å²) < 4.78 is 155. The molecule has 2 aromatic heterocycles. The van der Waals surface area contributed by atoms with Crippen LogP contribution < -0.4 is 33.5 Å². The highest BCUT2D eigenvalue weighted by molar-refractivity contribution is 9.11. The maximum atomic E-state index is 13.3. The number of hydrogen-bond donors (Lipinski definition) is 3. The van der Waals surface area contributed by atoms with E-state index < -0.39 is 98.7 Å². The van der Waals surface area contributed by atoms with Crippen molar-refractivity contribution in [2.75, 3.05) is 59.5 Å². The summed E-state index contributed by atoms with van der Waals surface area (Å²) in [6.07, 6.45) is 26.4. The van der Waals surface area contributed by atoms with Gasteiger partial charge in [0.15, 0.2) is 15.7 Å². The van der Waals surface area contributed by atoms with Crippen molar-refractivity contribution in [2.24, 2.45) is 5.14 Å². The van der Waals surface area contributed by atoms with E-state index in [9.17, 15) is 54.7 Å². The second kappa shape index (κ2) is 51.3. The SMILES string of the molecule is BrC1=COCCC1.C.C.C1=COCCC1.Cc1ccc(Br)c(OC2(C(=O)OC(C)(C)C)CC2)c1.Cc1ccc(C2=COCCC2)c(OC2(C(=O)OC(C)(C)C)CC2)c1.Cc1ccc(C2CCCOC2)c(OC2(C(=O)NS(=O)(=O)c3cccc(F)n3)CC2)c1.Cc1ccc(C2CCCOC2)c(OC2(C(=O)O)CC2)c1.Cc1ccc(C2CCCOC2)c(OC2(C(=O)OC(C)(C)C)CC2)c1.NS(=O)(=O)c1cccc(F)n1. The number of carboxylic acid groups (broad SMARTS) is 1. The van der Waals surface area contributed by atoms with Gasteiger partial charge in [0.2, 0.25) is 34.3 Å². The molecule has 8 fully saturated rings. The van der Waals surface area contributed by atoms with E-state index in [4.69, 9.17) is 66.3 Å². The minimum Gasteiger partial charge on any atom is -0.502 e. The standard InChI is InChI=1S/C21H23FN2O5S.C20H28O4.C20H26O4.C16H20O4.C15H19BrO3.C5H7BrO.C5H5FN2O2S.C5H8O.2CH4/c1-14-7-8-16(15-4-3-11-28-13-15)17(12-14)29-21(9-10-21)20(25)24-30(26,27)19-6-2-5-18(22)23-19;2*1-14-7-8-16(15-6-5-11-22-13-15)17(12-14)23-20(9-10-20)18(21)24-19(2,3)4;1-11-4-5-13(12-3-2-8-19-10-12)14(9-11)20-16(6-7-16)15(17)18;1-10-5-6-11(16)12(9-10)18-15(7-8-15)13(17)19-14(2,3)4;6-5-2-1-3-7-4-5;6-4-2-1-3-5(8-4)11(7,9)10;1-2-4-6-5-3-1;;/h2,5-8,12,15H,3-4,9-11,13H2,1H3,(H,24,25);7-8,12,15H,5-6,9-11,13H2,1-4H3;7-8,12-13H,5-6,9-11H2,1-4H3;4-5,9,12H,2-3,6-8,10H2,1H3,(H,17,18);5-6,9H,7-8H2,1-4H3;4H,1-3H2;1-3H,(H2,7,9,10);2,4H,1,3,5H2;2*1H4. The lowest BCUT2D eigenvalue weighted by Crippen LogP contribution is -2.43. The van der Waals surface area contributed by atoms with Gasteiger partial charge in [-0.05, 0) is 307 Å². The number of primary sulfonamides is 1. The van der Waals surface area contributed by atoms with Crippen LogP contribution in [0.5, 0.6) is 28.7 Å². The molecule has 784 valence electrons. The summed E-state index contributed by atoms with van der Waals surface area (Å²) in [5, 5.41) is 12.9. The molecule has 3 atom stereocenters. The summed E-state index contributed by atoms with van der Waals surface area (Å²) in [6, 6.07) is 36.8. The highest BCUT2D eigenvalue weighted by Crippen LogP contribution is 2.51. The van der Waals surface area contributed by atoms with Gasteiger partial charge in [0.25, 0.3) is 26.0 Å². The summed E-state index contributed by atoms with van der Waals surface area (Å²) in [7, 11) is -8.18. The molecule has 1 amide bonds. The number of amides is 1. The lowest BCUT2D eigenvalue weighted by molar-refractivity contribution is -0.166. The van der Waals surface area contributed by atoms with Gasteiger partial charge in [0, 0.05) is 112 Å². The molecule has 28 nitrogen and oxygen atoms in total. The number of aliphatic carboxylic acids is 1. The minimum atomic E-state index is -4.31. The van der Waals surface area contributed by atoms with Gasteiger partial charge in [-0.2, -0.15) is 17.2 Å². The molecule has 34 heteroatoms. The van der Waals surface area contributed by atoms with Gasteiger partial charge in [-0.3, -0.25) is 4.79 Å². The number of nitrogens with one attached hydrogen (secondary N) is 1. The van der Waals surface area contributed by atoms with Crippen LogP contribution >= 0.6 is 31.9 Å². The monoisotopic (exact) mass is 2150 g/mol. The molecule has 5 aromatic carbocycles. The second-order valence-corrected chi connectivity index (χ2v) is 45.2. The van der Waals surface area contributed by atoms with Gasteiger partial charge in [0.1, 0.15) is 45.6 Å². The Bertz CT molecular complexity index is 5810. The second-order valence-electron chi connectivity index (χ2n) is 40.2. The van der Waals surface area contributed by atoms with E-state index >= 15 is 0 Å². The van der Waals surface area contributed by atoms with Crippen LogP contribution in [-0.2, 0) is 86.7 Å². The Kier molecular flexibility index (Phi) is 41.8. The number of aromatic nitrogens is 2. The van der Waals surface area contributed by atoms with Crippen LogP contribution in [0.25, 0.3) is 5.57 Å². The molecule has 0 spiro atoms. The molecule has 7 aromatic rings. The van der Waals surface area contributed by atoms with Crippen LogP contribution in [0, 0.1) is 46.5 Å². The Balaban J connectivity index is 0.000000188. The molecule has 6 aliphatic heterocycles. The third-order valence-electron chi connectivity index (χ3n) is 23.9. The van der Waals surface area contributed by atoms with Crippen LogP contribution in [0.3, 0.4) is 0 Å². The molecule has 18 rings (SSSR count). The molecule has 0 bridgehead atoms. The summed E-state index contributed by atoms with van der Waals surface area (Å²) in [6.45, 7) is 33.8. The molecular weight excluding hydrogens is 2010 g/mol. The van der Waals surface area contributed by atoms with Crippen LogP contribution in [0.4, 0.5) is 8.78 Å². The quantitative estimate of drug-likeness (QED) is 0.0322. The summed E-state index contributed by atoms with van der Waals surface area (Å²) in [5.74, 6) is 0.129. The zero-order chi connectivity index (χ0) is 102. The Morgan fingerprint density at radius 1 is 0.441 bits per heavy atom. The Labute approximate surface area is 859 Å². The van der Waals surface area contributed by atoms with Gasteiger partial charge in [-0.1, -0.05) is 97.5 Å². The lowest BCUT2D eigenvalue weighted by Gasteiger charge is -2.28. The minimum absolute atomic E-state index is 0. The molecule has 5 saturated carbocycles. The van der Waals surface area contributed by atoms with Crippen molar-refractivity contribution >= 4 is 87.3 Å². The predicted molar refractivity (Wildman–Crippen MR) is 548 cm³/mol. The van der Waals surface area contributed by atoms with Gasteiger partial charge >= 0.3 is 23.9 Å². The molecule has 0 radical (unpaired) electrons. The third kappa shape index (κ3) is 35.9. The average Bonchev–Trinajstić information content (AvgIpc) is 1.62. The molecule has 8 heterocycles. The maximum absolute atomic E-state index is 13.3. The number of rotatable bonds is 22. The van der Waals surface area contributed by atoms with E-state index in [-0.39, 0.29) is 38.7 Å². The number of benzene rings is 5. The van der Waals surface area contributed by atoms with Crippen molar-refractivity contribution in [3.63, 3.8) is 0 Å². The fourth-order valence-electron chi connectivity index (χ4n) is 15.5. The van der Waals surface area contributed by atoms with E-state index in [1.807, 2.05) is 169 Å². The van der Waals surface area contributed by atoms with E-state index in [1.165, 1.54) is 29.5 Å². The van der Waals surface area contributed by atoms with Gasteiger partial charge in [-0.25, -0.2) is 47.4 Å². The number of sulfonamides is 2. The van der Waals surface area contributed by atoms with Crippen molar-refractivity contribution < 1.29 is 121 Å². The number of carboxylic acids is 1. The number of carbonyl (C=O) groups excluding carboxylic acids is 4. The Morgan fingerprint density at radius 2 is 0.804 bits per heavy atom. The summed E-state index contributed by atoms with van der Waals surface area (Å²) in [4.78, 5) is 67.8. The van der Waals surface area contributed by atoms with Crippen molar-refractivity contribution in [3.8, 4) is 28.7 Å². The highest BCUT2D eigenvalue weighted by Gasteiger charge is 2.59. The topological polar surface area (TPSA) is 367 Å². The number of allylic oxidation sites excluding steroid dienone is 3. The molecule has 3 unspecified atom stereocenters. The number of ether oxygens (including phenoxy) is 14. The number of nitrogens with zero attached hydrogens (tertiary/aromatic N) is 2. The number of esters is 3. The van der Waals surface area contributed by atoms with Gasteiger partial charge in [-0.15, -0.1) is 0 Å². The number of carbonyl (C=O) groups is 5. The van der Waals surface area contributed by atoms with E-state index in [2.05, 4.69) is 83.4 Å². The fraction of sp³-hybridized carbons (Fsp3) is 0.532. The van der Waals surface area contributed by atoms with Crippen molar-refractivity contribution in [3.05, 3.63) is 223 Å². The number of pyridine rings is 2. The molecule has 3 saturated heterocycles. The first-order valence-electron chi connectivity index (χ1n) is 48.3. The largest absolute Gasteiger partial charge is 0.502 e. The Hall–Kier alpha value is -10.1. The molecule has 5 aliphatic carbocycles.